The summed E-state index contributed by atoms with van der Waals surface area (Å²) in [6.07, 6.45) is 1.84. The van der Waals surface area contributed by atoms with E-state index in [2.05, 4.69) is 4.98 Å². The fraction of sp³-hybridized carbons (Fsp3) is 0.294. The monoisotopic (exact) mass is 359 g/mol. The maximum absolute atomic E-state index is 12.3. The van der Waals surface area contributed by atoms with Crippen molar-refractivity contribution in [3.8, 4) is 0 Å². The van der Waals surface area contributed by atoms with Crippen molar-refractivity contribution < 1.29 is 19.1 Å². The van der Waals surface area contributed by atoms with Gasteiger partial charge in [0.1, 0.15) is 12.6 Å². The lowest BCUT2D eigenvalue weighted by molar-refractivity contribution is -0.124. The fourth-order valence-corrected chi connectivity index (χ4v) is 3.29. The molecule has 1 aromatic carbocycles. The van der Waals surface area contributed by atoms with E-state index in [1.807, 2.05) is 30.3 Å². The molecule has 0 saturated carbocycles. The van der Waals surface area contributed by atoms with Gasteiger partial charge in [0.15, 0.2) is 10.9 Å². The molecule has 7 nitrogen and oxygen atoms in total. The van der Waals surface area contributed by atoms with E-state index in [-0.39, 0.29) is 31.9 Å². The van der Waals surface area contributed by atoms with Gasteiger partial charge in [0.2, 0.25) is 6.41 Å². The van der Waals surface area contributed by atoms with Gasteiger partial charge in [-0.3, -0.25) is 14.5 Å². The summed E-state index contributed by atoms with van der Waals surface area (Å²) in [4.78, 5) is 42.8. The SMILES string of the molecule is O=CN(c1nccs1)C1CN(C(=O)OCc2ccccc2)CCC1=O. The number of likely N-dealkylation sites (tertiary alicyclic amines) is 1. The third kappa shape index (κ3) is 4.03. The Kier molecular flexibility index (Phi) is 5.39. The summed E-state index contributed by atoms with van der Waals surface area (Å²) >= 11 is 1.27. The highest BCUT2D eigenvalue weighted by Crippen LogP contribution is 2.22. The second-order valence-corrected chi connectivity index (χ2v) is 6.42. The Labute approximate surface area is 148 Å². The molecule has 1 aromatic heterocycles. The topological polar surface area (TPSA) is 79.8 Å². The molecule has 25 heavy (non-hydrogen) atoms. The van der Waals surface area contributed by atoms with Crippen LogP contribution in [-0.4, -0.2) is 47.3 Å². The largest absolute Gasteiger partial charge is 0.445 e. The van der Waals surface area contributed by atoms with Crippen molar-refractivity contribution in [3.05, 3.63) is 47.5 Å². The number of Topliss-reactive ketones (excluding diaryl/α,β-unsaturated/α-hetero) is 1. The number of nitrogens with zero attached hydrogens (tertiary/aromatic N) is 3. The molecule has 1 unspecified atom stereocenters. The molecule has 3 rings (SSSR count). The zero-order valence-corrected chi connectivity index (χ0v) is 14.2. The maximum atomic E-state index is 12.3. The smallest absolute Gasteiger partial charge is 0.410 e. The van der Waals surface area contributed by atoms with Crippen molar-refractivity contribution in [1.82, 2.24) is 9.88 Å². The van der Waals surface area contributed by atoms with Crippen molar-refractivity contribution in [2.24, 2.45) is 0 Å². The van der Waals surface area contributed by atoms with Gasteiger partial charge in [-0.1, -0.05) is 30.3 Å². The van der Waals surface area contributed by atoms with Crippen molar-refractivity contribution in [2.75, 3.05) is 18.0 Å². The van der Waals surface area contributed by atoms with E-state index < -0.39 is 12.1 Å². The first-order valence-electron chi connectivity index (χ1n) is 7.80. The molecule has 1 aliphatic heterocycles. The van der Waals surface area contributed by atoms with Crippen LogP contribution in [0.15, 0.2) is 41.9 Å². The van der Waals surface area contributed by atoms with Gasteiger partial charge < -0.3 is 9.64 Å². The van der Waals surface area contributed by atoms with Crippen LogP contribution >= 0.6 is 11.3 Å². The molecule has 0 N–H and O–H groups in total. The molecular weight excluding hydrogens is 342 g/mol. The average molecular weight is 359 g/mol. The van der Waals surface area contributed by atoms with Crippen LogP contribution in [0.4, 0.5) is 9.93 Å². The fourth-order valence-electron chi connectivity index (χ4n) is 2.63. The van der Waals surface area contributed by atoms with E-state index in [4.69, 9.17) is 4.74 Å². The number of ether oxygens (including phenoxy) is 1. The molecular formula is C17H17N3O4S. The molecule has 2 aromatic rings. The first-order valence-corrected chi connectivity index (χ1v) is 8.68. The van der Waals surface area contributed by atoms with Crippen molar-refractivity contribution >= 4 is 34.8 Å². The standard InChI is InChI=1S/C17H17N3O4S/c21-12-20(16-18-7-9-25-16)14-10-19(8-6-15(14)22)17(23)24-11-13-4-2-1-3-5-13/h1-5,7,9,12,14H,6,8,10-11H2. The minimum Gasteiger partial charge on any atom is -0.445 e. The minimum atomic E-state index is -0.735. The zero-order chi connectivity index (χ0) is 17.6. The molecule has 1 aliphatic rings. The average Bonchev–Trinajstić information content (AvgIpc) is 3.17. The molecule has 2 heterocycles. The molecule has 0 radical (unpaired) electrons. The third-order valence-corrected chi connectivity index (χ3v) is 4.73. The second kappa shape index (κ2) is 7.89. The lowest BCUT2D eigenvalue weighted by Crippen LogP contribution is -2.54. The number of piperidine rings is 1. The summed E-state index contributed by atoms with van der Waals surface area (Å²) < 4.78 is 5.31. The number of hydrogen-bond donors (Lipinski definition) is 0. The van der Waals surface area contributed by atoms with Crippen LogP contribution in [0.3, 0.4) is 0 Å². The Hall–Kier alpha value is -2.74. The lowest BCUT2D eigenvalue weighted by atomic mass is 10.0. The molecule has 1 saturated heterocycles. The third-order valence-electron chi connectivity index (χ3n) is 3.95. The summed E-state index contributed by atoms with van der Waals surface area (Å²) in [5.74, 6) is -0.0885. The van der Waals surface area contributed by atoms with E-state index in [1.165, 1.54) is 21.1 Å². The van der Waals surface area contributed by atoms with Gasteiger partial charge in [0.05, 0.1) is 6.54 Å². The first-order chi connectivity index (χ1) is 12.2. The number of anilines is 1. The number of benzene rings is 1. The predicted molar refractivity (Wildman–Crippen MR) is 92.3 cm³/mol. The number of hydrogen-bond acceptors (Lipinski definition) is 6. The highest BCUT2D eigenvalue weighted by molar-refractivity contribution is 7.13. The Morgan fingerprint density at radius 1 is 1.40 bits per heavy atom. The van der Waals surface area contributed by atoms with Crippen LogP contribution in [0, 0.1) is 0 Å². The van der Waals surface area contributed by atoms with Crippen LogP contribution < -0.4 is 4.90 Å². The summed E-state index contributed by atoms with van der Waals surface area (Å²) in [7, 11) is 0. The van der Waals surface area contributed by atoms with Gasteiger partial charge in [-0.15, -0.1) is 11.3 Å². The Balaban J connectivity index is 1.64. The molecule has 0 spiro atoms. The molecule has 8 heteroatoms. The van der Waals surface area contributed by atoms with Crippen LogP contribution in [-0.2, 0) is 20.9 Å². The Bertz CT molecular complexity index is 736. The van der Waals surface area contributed by atoms with E-state index in [1.54, 1.807) is 11.6 Å². The number of ketones is 1. The second-order valence-electron chi connectivity index (χ2n) is 5.55. The van der Waals surface area contributed by atoms with Gasteiger partial charge in [-0.05, 0) is 5.56 Å². The normalized spacial score (nSPS) is 17.2. The van der Waals surface area contributed by atoms with Crippen molar-refractivity contribution in [3.63, 3.8) is 0 Å². The quantitative estimate of drug-likeness (QED) is 0.764. The molecule has 1 fully saturated rings. The number of amides is 2. The predicted octanol–water partition coefficient (Wildman–Crippen LogP) is 2.09. The zero-order valence-electron chi connectivity index (χ0n) is 13.4. The van der Waals surface area contributed by atoms with Gasteiger partial charge in [-0.2, -0.15) is 0 Å². The van der Waals surface area contributed by atoms with Crippen LogP contribution in [0.1, 0.15) is 12.0 Å². The van der Waals surface area contributed by atoms with Gasteiger partial charge in [0.25, 0.3) is 0 Å². The molecule has 130 valence electrons. The van der Waals surface area contributed by atoms with E-state index >= 15 is 0 Å². The number of carbonyl (C=O) groups excluding carboxylic acids is 3. The van der Waals surface area contributed by atoms with Gasteiger partial charge >= 0.3 is 6.09 Å². The molecule has 0 bridgehead atoms. The lowest BCUT2D eigenvalue weighted by Gasteiger charge is -2.34. The summed E-state index contributed by atoms with van der Waals surface area (Å²) in [6.45, 7) is 0.553. The van der Waals surface area contributed by atoms with E-state index in [0.717, 1.165) is 5.56 Å². The van der Waals surface area contributed by atoms with E-state index in [0.29, 0.717) is 11.5 Å². The summed E-state index contributed by atoms with van der Waals surface area (Å²) in [5.41, 5.74) is 0.887. The Morgan fingerprint density at radius 3 is 2.88 bits per heavy atom. The minimum absolute atomic E-state index is 0.0885. The number of carbonyl (C=O) groups is 3. The summed E-state index contributed by atoms with van der Waals surface area (Å²) in [6, 6.07) is 8.63. The van der Waals surface area contributed by atoms with Gasteiger partial charge in [0, 0.05) is 24.5 Å². The van der Waals surface area contributed by atoms with Crippen LogP contribution in [0.25, 0.3) is 0 Å². The molecule has 0 aliphatic carbocycles. The number of aromatic nitrogens is 1. The summed E-state index contributed by atoms with van der Waals surface area (Å²) in [5, 5.41) is 2.17. The number of thiazole rings is 1. The highest BCUT2D eigenvalue weighted by atomic mass is 32.1. The maximum Gasteiger partial charge on any atom is 0.410 e. The Morgan fingerprint density at radius 2 is 2.20 bits per heavy atom. The van der Waals surface area contributed by atoms with Gasteiger partial charge in [-0.25, -0.2) is 9.78 Å². The number of rotatable bonds is 5. The van der Waals surface area contributed by atoms with Crippen LogP contribution in [0.2, 0.25) is 0 Å². The molecule has 2 amide bonds. The molecule has 1 atom stereocenters. The van der Waals surface area contributed by atoms with Crippen LogP contribution in [0.5, 0.6) is 0 Å². The van der Waals surface area contributed by atoms with Crippen molar-refractivity contribution in [2.45, 2.75) is 19.1 Å². The highest BCUT2D eigenvalue weighted by Gasteiger charge is 2.35. The van der Waals surface area contributed by atoms with Crippen molar-refractivity contribution in [1.29, 1.82) is 0 Å². The first kappa shape index (κ1) is 17.1. The van der Waals surface area contributed by atoms with E-state index in [9.17, 15) is 14.4 Å².